The summed E-state index contributed by atoms with van der Waals surface area (Å²) in [6.07, 6.45) is 3.69. The van der Waals surface area contributed by atoms with Crippen molar-refractivity contribution < 1.29 is 4.74 Å². The lowest BCUT2D eigenvalue weighted by Gasteiger charge is -2.21. The molecule has 1 unspecified atom stereocenters. The first-order valence-electron chi connectivity index (χ1n) is 4.29. The van der Waals surface area contributed by atoms with Crippen LogP contribution in [0.2, 0.25) is 0 Å². The Morgan fingerprint density at radius 1 is 1.69 bits per heavy atom. The van der Waals surface area contributed by atoms with Gasteiger partial charge in [-0.05, 0) is 12.8 Å². The van der Waals surface area contributed by atoms with Crippen molar-refractivity contribution in [2.45, 2.75) is 18.9 Å². The summed E-state index contributed by atoms with van der Waals surface area (Å²) < 4.78 is 7.03. The Morgan fingerprint density at radius 2 is 2.62 bits per heavy atom. The average molecular weight is 178 g/mol. The largest absolute Gasteiger partial charge is 0.379 e. The van der Waals surface area contributed by atoms with Gasteiger partial charge in [0.05, 0.1) is 12.6 Å². The zero-order valence-corrected chi connectivity index (χ0v) is 7.18. The number of nitrogens with zero attached hydrogens (tertiary/aromatic N) is 4. The minimum atomic E-state index is 0.227. The second-order valence-electron chi connectivity index (χ2n) is 3.03. The van der Waals surface area contributed by atoms with Crippen molar-refractivity contribution in [2.24, 2.45) is 0 Å². The molecule has 13 heavy (non-hydrogen) atoms. The lowest BCUT2D eigenvalue weighted by molar-refractivity contribution is 0.0548. The summed E-state index contributed by atoms with van der Waals surface area (Å²) in [5.74, 6) is 0.227. The number of aromatic nitrogens is 3. The van der Waals surface area contributed by atoms with E-state index in [0.717, 1.165) is 19.4 Å². The minimum Gasteiger partial charge on any atom is -0.379 e. The predicted octanol–water partition coefficient (Wildman–Crippen LogP) is 0.501. The van der Waals surface area contributed by atoms with E-state index < -0.39 is 0 Å². The van der Waals surface area contributed by atoms with Gasteiger partial charge in [-0.15, -0.1) is 5.10 Å². The number of hydrogen-bond acceptors (Lipinski definition) is 4. The number of hydrogen-bond donors (Lipinski definition) is 0. The van der Waals surface area contributed by atoms with Gasteiger partial charge >= 0.3 is 0 Å². The first kappa shape index (κ1) is 8.20. The van der Waals surface area contributed by atoms with Gasteiger partial charge in [-0.2, -0.15) is 5.26 Å². The molecule has 1 saturated heterocycles. The van der Waals surface area contributed by atoms with Gasteiger partial charge in [0.15, 0.2) is 0 Å². The molecule has 5 heteroatoms. The Kier molecular flexibility index (Phi) is 2.23. The Hall–Kier alpha value is -1.41. The normalized spacial score (nSPS) is 22.5. The van der Waals surface area contributed by atoms with E-state index in [-0.39, 0.29) is 11.9 Å². The zero-order chi connectivity index (χ0) is 9.10. The molecular weight excluding hydrogens is 168 g/mol. The van der Waals surface area contributed by atoms with Crippen LogP contribution in [0.1, 0.15) is 24.7 Å². The Morgan fingerprint density at radius 3 is 3.23 bits per heavy atom. The maximum atomic E-state index is 8.53. The van der Waals surface area contributed by atoms with E-state index in [1.807, 2.05) is 6.07 Å². The molecule has 0 radical (unpaired) electrons. The van der Waals surface area contributed by atoms with Gasteiger partial charge in [-0.3, -0.25) is 0 Å². The summed E-state index contributed by atoms with van der Waals surface area (Å²) in [6.45, 7) is 1.50. The van der Waals surface area contributed by atoms with Crippen molar-refractivity contribution >= 4 is 0 Å². The standard InChI is InChI=1S/C8H10N4O/c9-4-8-10-6-12(11-8)7-2-1-3-13-5-7/h6-7H,1-3,5H2. The second-order valence-corrected chi connectivity index (χ2v) is 3.03. The summed E-state index contributed by atoms with van der Waals surface area (Å²) in [6, 6.07) is 2.16. The molecule has 1 aromatic heterocycles. The van der Waals surface area contributed by atoms with Crippen molar-refractivity contribution in [3.63, 3.8) is 0 Å². The Bertz CT molecular complexity index is 321. The second kappa shape index (κ2) is 3.54. The van der Waals surface area contributed by atoms with Crippen LogP contribution in [-0.2, 0) is 4.74 Å². The van der Waals surface area contributed by atoms with Crippen LogP contribution in [-0.4, -0.2) is 28.0 Å². The molecule has 1 aromatic rings. The fraction of sp³-hybridized carbons (Fsp3) is 0.625. The first-order valence-corrected chi connectivity index (χ1v) is 4.29. The summed E-state index contributed by atoms with van der Waals surface area (Å²) >= 11 is 0. The monoisotopic (exact) mass is 178 g/mol. The van der Waals surface area contributed by atoms with E-state index in [2.05, 4.69) is 10.1 Å². The predicted molar refractivity (Wildman–Crippen MR) is 43.8 cm³/mol. The molecule has 0 aromatic carbocycles. The molecule has 5 nitrogen and oxygen atoms in total. The lowest BCUT2D eigenvalue weighted by atomic mass is 10.1. The van der Waals surface area contributed by atoms with E-state index in [9.17, 15) is 0 Å². The lowest BCUT2D eigenvalue weighted by Crippen LogP contribution is -2.21. The van der Waals surface area contributed by atoms with Gasteiger partial charge < -0.3 is 4.74 Å². The summed E-state index contributed by atoms with van der Waals surface area (Å²) in [7, 11) is 0. The SMILES string of the molecule is N#Cc1ncn(C2CCCOC2)n1. The highest BCUT2D eigenvalue weighted by molar-refractivity contribution is 5.05. The Balaban J connectivity index is 2.11. The van der Waals surface area contributed by atoms with E-state index in [1.165, 1.54) is 0 Å². The van der Waals surface area contributed by atoms with Crippen LogP contribution in [0.4, 0.5) is 0 Å². The van der Waals surface area contributed by atoms with Crippen molar-refractivity contribution in [1.29, 1.82) is 5.26 Å². The molecule has 0 bridgehead atoms. The highest BCUT2D eigenvalue weighted by atomic mass is 16.5. The molecule has 1 fully saturated rings. The van der Waals surface area contributed by atoms with Gasteiger partial charge in [0.2, 0.25) is 0 Å². The molecule has 68 valence electrons. The van der Waals surface area contributed by atoms with E-state index >= 15 is 0 Å². The zero-order valence-electron chi connectivity index (χ0n) is 7.18. The van der Waals surface area contributed by atoms with Crippen molar-refractivity contribution in [3.05, 3.63) is 12.2 Å². The Labute approximate surface area is 75.9 Å². The molecule has 0 amide bonds. The van der Waals surface area contributed by atoms with Gasteiger partial charge in [0.25, 0.3) is 5.82 Å². The molecule has 0 spiro atoms. The van der Waals surface area contributed by atoms with Crippen molar-refractivity contribution in [2.75, 3.05) is 13.2 Å². The number of nitriles is 1. The first-order chi connectivity index (χ1) is 6.40. The molecule has 2 rings (SSSR count). The van der Waals surface area contributed by atoms with Crippen molar-refractivity contribution in [3.8, 4) is 6.07 Å². The molecule has 1 aliphatic rings. The quantitative estimate of drug-likeness (QED) is 0.628. The third kappa shape index (κ3) is 1.68. The number of ether oxygens (including phenoxy) is 1. The fourth-order valence-electron chi connectivity index (χ4n) is 1.43. The van der Waals surface area contributed by atoms with Crippen molar-refractivity contribution in [1.82, 2.24) is 14.8 Å². The molecular formula is C8H10N4O. The van der Waals surface area contributed by atoms with Crippen LogP contribution in [0, 0.1) is 11.3 Å². The molecule has 1 atom stereocenters. The fourth-order valence-corrected chi connectivity index (χ4v) is 1.43. The minimum absolute atomic E-state index is 0.227. The van der Waals surface area contributed by atoms with Crippen LogP contribution in [0.5, 0.6) is 0 Å². The highest BCUT2D eigenvalue weighted by Crippen LogP contribution is 2.17. The molecule has 2 heterocycles. The van der Waals surface area contributed by atoms with Crippen LogP contribution in [0.25, 0.3) is 0 Å². The van der Waals surface area contributed by atoms with Crippen LogP contribution >= 0.6 is 0 Å². The van der Waals surface area contributed by atoms with Crippen LogP contribution < -0.4 is 0 Å². The molecule has 0 saturated carbocycles. The molecule has 1 aliphatic heterocycles. The van der Waals surface area contributed by atoms with E-state index in [1.54, 1.807) is 11.0 Å². The smallest absolute Gasteiger partial charge is 0.252 e. The average Bonchev–Trinajstić information content (AvgIpc) is 2.67. The molecule has 0 aliphatic carbocycles. The van der Waals surface area contributed by atoms with Gasteiger partial charge in [0.1, 0.15) is 12.4 Å². The van der Waals surface area contributed by atoms with Gasteiger partial charge in [-0.25, -0.2) is 9.67 Å². The highest BCUT2D eigenvalue weighted by Gasteiger charge is 2.16. The third-order valence-electron chi connectivity index (χ3n) is 2.12. The summed E-state index contributed by atoms with van der Waals surface area (Å²) in [5, 5.41) is 12.5. The summed E-state index contributed by atoms with van der Waals surface area (Å²) in [5.41, 5.74) is 0. The topological polar surface area (TPSA) is 63.7 Å². The maximum Gasteiger partial charge on any atom is 0.252 e. The van der Waals surface area contributed by atoms with Gasteiger partial charge in [0, 0.05) is 6.61 Å². The van der Waals surface area contributed by atoms with Crippen LogP contribution in [0.15, 0.2) is 6.33 Å². The van der Waals surface area contributed by atoms with E-state index in [0.29, 0.717) is 6.61 Å². The number of rotatable bonds is 1. The molecule has 0 N–H and O–H groups in total. The summed E-state index contributed by atoms with van der Waals surface area (Å²) in [4.78, 5) is 3.85. The third-order valence-corrected chi connectivity index (χ3v) is 2.12. The van der Waals surface area contributed by atoms with E-state index in [4.69, 9.17) is 10.00 Å². The van der Waals surface area contributed by atoms with Gasteiger partial charge in [-0.1, -0.05) is 0 Å². The maximum absolute atomic E-state index is 8.53. The van der Waals surface area contributed by atoms with Crippen LogP contribution in [0.3, 0.4) is 0 Å².